The van der Waals surface area contributed by atoms with Gasteiger partial charge in [-0.3, -0.25) is 4.79 Å². The van der Waals surface area contributed by atoms with Crippen LogP contribution in [-0.4, -0.2) is 60.9 Å². The molecule has 1 unspecified atom stereocenters. The first-order chi connectivity index (χ1) is 18.9. The molecule has 2 atom stereocenters. The summed E-state index contributed by atoms with van der Waals surface area (Å²) in [5.41, 5.74) is -3.19. The molecule has 0 bridgehead atoms. The lowest BCUT2D eigenvalue weighted by atomic mass is 9.91. The minimum Gasteiger partial charge on any atom is -0.480 e. The summed E-state index contributed by atoms with van der Waals surface area (Å²) >= 11 is 0.605. The lowest BCUT2D eigenvalue weighted by Gasteiger charge is -2.28. The fourth-order valence-electron chi connectivity index (χ4n) is 4.99. The Bertz CT molecular complexity index is 1520. The maximum atomic E-state index is 13.4. The summed E-state index contributed by atoms with van der Waals surface area (Å²) in [6.07, 6.45) is -2.91. The highest BCUT2D eigenvalue weighted by Crippen LogP contribution is 2.59. The van der Waals surface area contributed by atoms with Crippen molar-refractivity contribution in [1.29, 1.82) is 0 Å². The van der Waals surface area contributed by atoms with E-state index in [-0.39, 0.29) is 27.8 Å². The third-order valence-corrected chi connectivity index (χ3v) is 10.3. The SMILES string of the molecule is O=C(OCC1(c2ccccc2)C[C@]1(NS(=O)(=O)c1ccc(-c2cc(C(F)(F)F)on2)s1)C(=O)O)N1CCCCC1. The number of carbonyl (C=O) groups is 2. The molecule has 1 aromatic carbocycles. The number of hydrogen-bond acceptors (Lipinski definition) is 8. The Morgan fingerprint density at radius 3 is 2.45 bits per heavy atom. The van der Waals surface area contributed by atoms with Crippen LogP contribution in [0.1, 0.15) is 37.0 Å². The number of carboxylic acids is 1. The number of thiophene rings is 1. The van der Waals surface area contributed by atoms with Crippen molar-refractivity contribution in [3.05, 3.63) is 59.9 Å². The maximum Gasteiger partial charge on any atom is 0.452 e. The summed E-state index contributed by atoms with van der Waals surface area (Å²) in [6, 6.07) is 11.4. The number of carboxylic acid groups (broad SMARTS) is 1. The van der Waals surface area contributed by atoms with Gasteiger partial charge in [-0.25, -0.2) is 13.2 Å². The number of aromatic nitrogens is 1. The van der Waals surface area contributed by atoms with E-state index in [4.69, 9.17) is 4.74 Å². The Kier molecular flexibility index (Phi) is 7.17. The molecule has 2 aromatic heterocycles. The predicted octanol–water partition coefficient (Wildman–Crippen LogP) is 4.49. The van der Waals surface area contributed by atoms with Crippen molar-refractivity contribution in [3.63, 3.8) is 0 Å². The lowest BCUT2D eigenvalue weighted by molar-refractivity contribution is -0.155. The summed E-state index contributed by atoms with van der Waals surface area (Å²) in [5.74, 6) is -2.80. The van der Waals surface area contributed by atoms with Crippen molar-refractivity contribution >= 4 is 33.4 Å². The Morgan fingerprint density at radius 2 is 1.82 bits per heavy atom. The molecule has 5 rings (SSSR count). The standard InChI is InChI=1S/C25H24F3N3O7S2/c26-25(27,28)19-13-17(29-38-19)18-9-10-20(39-18)40(35,36)30-24(21(32)33)14-23(24,16-7-3-1-4-8-16)15-37-22(34)31-11-5-2-6-12-31/h1,3-4,7-10,13,30H,2,5-6,11-12,14-15H2,(H,32,33)/t23?,24-/m0/s1. The van der Waals surface area contributed by atoms with E-state index in [2.05, 4.69) is 14.4 Å². The predicted molar refractivity (Wildman–Crippen MR) is 135 cm³/mol. The second kappa shape index (κ2) is 10.2. The van der Waals surface area contributed by atoms with E-state index in [0.29, 0.717) is 36.1 Å². The van der Waals surface area contributed by atoms with Crippen LogP contribution < -0.4 is 4.72 Å². The van der Waals surface area contributed by atoms with Gasteiger partial charge in [0.2, 0.25) is 5.76 Å². The molecule has 15 heteroatoms. The number of rotatable bonds is 8. The third-order valence-electron chi connectivity index (χ3n) is 7.20. The number of halogens is 3. The molecule has 1 aliphatic carbocycles. The number of aliphatic carboxylic acids is 1. The molecule has 2 fully saturated rings. The van der Waals surface area contributed by atoms with Crippen molar-refractivity contribution in [2.75, 3.05) is 19.7 Å². The van der Waals surface area contributed by atoms with Crippen LogP contribution in [0.25, 0.3) is 10.6 Å². The van der Waals surface area contributed by atoms with E-state index in [9.17, 15) is 36.3 Å². The van der Waals surface area contributed by atoms with Crippen molar-refractivity contribution in [2.24, 2.45) is 0 Å². The van der Waals surface area contributed by atoms with Gasteiger partial charge in [0, 0.05) is 19.2 Å². The quantitative estimate of drug-likeness (QED) is 0.386. The summed E-state index contributed by atoms with van der Waals surface area (Å²) in [6.45, 7) is 0.658. The molecule has 1 saturated heterocycles. The average molecular weight is 600 g/mol. The summed E-state index contributed by atoms with van der Waals surface area (Å²) in [7, 11) is -4.49. The molecule has 0 radical (unpaired) electrons. The van der Waals surface area contributed by atoms with Crippen LogP contribution in [0.5, 0.6) is 0 Å². The Labute approximate surface area is 230 Å². The Hall–Kier alpha value is -3.43. The van der Waals surface area contributed by atoms with Gasteiger partial charge in [-0.05, 0) is 43.4 Å². The van der Waals surface area contributed by atoms with Gasteiger partial charge in [0.25, 0.3) is 10.0 Å². The van der Waals surface area contributed by atoms with Crippen LogP contribution in [0.4, 0.5) is 18.0 Å². The fourth-order valence-corrected chi connectivity index (χ4v) is 7.67. The minimum atomic E-state index is -4.77. The molecule has 3 aromatic rings. The smallest absolute Gasteiger partial charge is 0.452 e. The number of nitrogens with zero attached hydrogens (tertiary/aromatic N) is 2. The molecule has 1 saturated carbocycles. The lowest BCUT2D eigenvalue weighted by Crippen LogP contribution is -2.50. The monoisotopic (exact) mass is 599 g/mol. The van der Waals surface area contributed by atoms with Crippen LogP contribution in [-0.2, 0) is 31.1 Å². The van der Waals surface area contributed by atoms with Crippen LogP contribution in [0.15, 0.2) is 57.3 Å². The Morgan fingerprint density at radius 1 is 1.12 bits per heavy atom. The van der Waals surface area contributed by atoms with Crippen LogP contribution in [0, 0.1) is 0 Å². The largest absolute Gasteiger partial charge is 0.480 e. The van der Waals surface area contributed by atoms with Crippen LogP contribution in [0.3, 0.4) is 0 Å². The summed E-state index contributed by atoms with van der Waals surface area (Å²) < 4.78 is 77.3. The molecule has 0 spiro atoms. The molecule has 2 N–H and O–H groups in total. The molecule has 40 heavy (non-hydrogen) atoms. The highest BCUT2D eigenvalue weighted by molar-refractivity contribution is 7.91. The van der Waals surface area contributed by atoms with Gasteiger partial charge in [-0.1, -0.05) is 35.5 Å². The van der Waals surface area contributed by atoms with E-state index in [0.717, 1.165) is 25.3 Å². The van der Waals surface area contributed by atoms with Gasteiger partial charge in [0.1, 0.15) is 22.0 Å². The average Bonchev–Trinajstić information content (AvgIpc) is 3.30. The van der Waals surface area contributed by atoms with E-state index in [1.165, 1.54) is 6.07 Å². The number of piperidine rings is 1. The number of carbonyl (C=O) groups excluding carboxylic acids is 1. The fraction of sp³-hybridized carbons (Fsp3) is 0.400. The molecular weight excluding hydrogens is 575 g/mol. The maximum absolute atomic E-state index is 13.4. The van der Waals surface area contributed by atoms with Crippen molar-refractivity contribution in [1.82, 2.24) is 14.8 Å². The zero-order chi connectivity index (χ0) is 28.8. The third kappa shape index (κ3) is 5.08. The van der Waals surface area contributed by atoms with Gasteiger partial charge >= 0.3 is 18.2 Å². The summed E-state index contributed by atoms with van der Waals surface area (Å²) in [4.78, 5) is 27.0. The van der Waals surface area contributed by atoms with Gasteiger partial charge < -0.3 is 19.3 Å². The first kappa shape index (κ1) is 28.1. The Balaban J connectivity index is 1.42. The van der Waals surface area contributed by atoms with Crippen molar-refractivity contribution in [2.45, 2.75) is 47.0 Å². The minimum absolute atomic E-state index is 0.0737. The number of benzene rings is 1. The van der Waals surface area contributed by atoms with Crippen LogP contribution >= 0.6 is 11.3 Å². The number of hydrogen-bond donors (Lipinski definition) is 2. The highest BCUT2D eigenvalue weighted by Gasteiger charge is 2.75. The van der Waals surface area contributed by atoms with Crippen molar-refractivity contribution in [3.8, 4) is 10.6 Å². The number of likely N-dealkylation sites (tertiary alicyclic amines) is 1. The van der Waals surface area contributed by atoms with Gasteiger partial charge in [0.05, 0.1) is 10.3 Å². The topological polar surface area (TPSA) is 139 Å². The van der Waals surface area contributed by atoms with E-state index < -0.39 is 45.0 Å². The van der Waals surface area contributed by atoms with Crippen molar-refractivity contribution < 1.29 is 45.5 Å². The zero-order valence-electron chi connectivity index (χ0n) is 20.8. The second-order valence-electron chi connectivity index (χ2n) is 9.74. The molecule has 214 valence electrons. The highest BCUT2D eigenvalue weighted by atomic mass is 32.2. The normalized spacial score (nSPS) is 23.1. The number of alkyl halides is 3. The second-order valence-corrected chi connectivity index (χ2v) is 12.7. The number of sulfonamides is 1. The number of amides is 1. The molecule has 1 amide bonds. The van der Waals surface area contributed by atoms with Crippen LogP contribution in [0.2, 0.25) is 0 Å². The molecule has 1 aliphatic heterocycles. The first-order valence-corrected chi connectivity index (χ1v) is 14.6. The molecular formula is C25H24F3N3O7S2. The van der Waals surface area contributed by atoms with E-state index in [1.54, 1.807) is 35.2 Å². The summed E-state index contributed by atoms with van der Waals surface area (Å²) in [5, 5.41) is 13.6. The van der Waals surface area contributed by atoms with Gasteiger partial charge in [-0.15, -0.1) is 11.3 Å². The van der Waals surface area contributed by atoms with Gasteiger partial charge in [-0.2, -0.15) is 17.9 Å². The number of nitrogens with one attached hydrogen (secondary N) is 1. The molecule has 10 nitrogen and oxygen atoms in total. The molecule has 2 aliphatic rings. The number of ether oxygens (including phenoxy) is 1. The first-order valence-electron chi connectivity index (χ1n) is 12.3. The van der Waals surface area contributed by atoms with E-state index in [1.807, 2.05) is 0 Å². The van der Waals surface area contributed by atoms with E-state index >= 15 is 0 Å². The molecule has 3 heterocycles. The van der Waals surface area contributed by atoms with Gasteiger partial charge in [0.15, 0.2) is 0 Å². The zero-order valence-corrected chi connectivity index (χ0v) is 22.4.